The van der Waals surface area contributed by atoms with Gasteiger partial charge in [-0.1, -0.05) is 0 Å². The molecule has 1 nitrogen and oxygen atoms in total. The van der Waals surface area contributed by atoms with Crippen molar-refractivity contribution in [2.24, 2.45) is 0 Å². The number of hydrogen-bond acceptors (Lipinski definition) is 1. The molecule has 0 heterocycles. The van der Waals surface area contributed by atoms with E-state index in [-0.39, 0.29) is 0 Å². The molecule has 60 valence electrons. The van der Waals surface area contributed by atoms with Gasteiger partial charge in [-0.05, 0) is 25.1 Å². The first-order chi connectivity index (χ1) is 5.24. The molecule has 0 fully saturated rings. The van der Waals surface area contributed by atoms with Crippen LogP contribution in [-0.2, 0) is 0 Å². The maximum atomic E-state index is 12.5. The Hall–Kier alpha value is -1.12. The zero-order valence-electron chi connectivity index (χ0n) is 6.20. The number of nitrogens with one attached hydrogen (secondary N) is 1. The molecule has 1 N–H and O–H groups in total. The Labute approximate surface area is 64.0 Å². The molecule has 3 heteroatoms. The minimum Gasteiger partial charge on any atom is -0.385 e. The largest absolute Gasteiger partial charge is 0.385 e. The van der Waals surface area contributed by atoms with E-state index in [0.717, 1.165) is 12.1 Å². The minimum absolute atomic E-state index is 0.603. The van der Waals surface area contributed by atoms with Crippen molar-refractivity contribution in [2.75, 3.05) is 11.9 Å². The van der Waals surface area contributed by atoms with Gasteiger partial charge in [0.2, 0.25) is 0 Å². The van der Waals surface area contributed by atoms with E-state index in [1.165, 1.54) is 6.07 Å². The quantitative estimate of drug-likeness (QED) is 0.695. The third kappa shape index (κ3) is 1.90. The average Bonchev–Trinajstić information content (AvgIpc) is 1.98. The standard InChI is InChI=1S/C8H9F2N/c1-2-11-6-3-4-7(9)8(10)5-6/h3-5,11H,2H2,1H3. The lowest BCUT2D eigenvalue weighted by atomic mass is 10.3. The van der Waals surface area contributed by atoms with Gasteiger partial charge in [-0.3, -0.25) is 0 Å². The summed E-state index contributed by atoms with van der Waals surface area (Å²) in [6.07, 6.45) is 0. The molecule has 0 unspecified atom stereocenters. The molecule has 0 aliphatic rings. The molecule has 0 amide bonds. The Bertz CT molecular complexity index is 248. The molecule has 1 aromatic carbocycles. The van der Waals surface area contributed by atoms with E-state index in [1.54, 1.807) is 0 Å². The van der Waals surface area contributed by atoms with Crippen LogP contribution in [0.3, 0.4) is 0 Å². The van der Waals surface area contributed by atoms with Gasteiger partial charge in [0.15, 0.2) is 11.6 Å². The zero-order chi connectivity index (χ0) is 8.27. The van der Waals surface area contributed by atoms with Gasteiger partial charge in [0, 0.05) is 12.2 Å². The lowest BCUT2D eigenvalue weighted by molar-refractivity contribution is 0.509. The fourth-order valence-electron chi connectivity index (χ4n) is 0.810. The van der Waals surface area contributed by atoms with E-state index in [0.29, 0.717) is 12.2 Å². The van der Waals surface area contributed by atoms with Crippen LogP contribution in [0.1, 0.15) is 6.92 Å². The lowest BCUT2D eigenvalue weighted by Crippen LogP contribution is -1.97. The molecule has 0 saturated heterocycles. The number of halogens is 2. The molecule has 1 aromatic rings. The zero-order valence-corrected chi connectivity index (χ0v) is 6.20. The molecule has 0 atom stereocenters. The fourth-order valence-corrected chi connectivity index (χ4v) is 0.810. The summed E-state index contributed by atoms with van der Waals surface area (Å²) in [4.78, 5) is 0. The Morgan fingerprint density at radius 3 is 2.55 bits per heavy atom. The van der Waals surface area contributed by atoms with Gasteiger partial charge >= 0.3 is 0 Å². The lowest BCUT2D eigenvalue weighted by Gasteiger charge is -2.01. The van der Waals surface area contributed by atoms with Crippen LogP contribution in [-0.4, -0.2) is 6.54 Å². The average molecular weight is 157 g/mol. The van der Waals surface area contributed by atoms with Gasteiger partial charge in [0.1, 0.15) is 0 Å². The molecule has 0 radical (unpaired) electrons. The van der Waals surface area contributed by atoms with Gasteiger partial charge in [0.25, 0.3) is 0 Å². The molecule has 0 aliphatic carbocycles. The summed E-state index contributed by atoms with van der Waals surface area (Å²) in [5, 5.41) is 2.87. The van der Waals surface area contributed by atoms with Crippen LogP contribution in [0.4, 0.5) is 14.5 Å². The highest BCUT2D eigenvalue weighted by Gasteiger charge is 2.00. The SMILES string of the molecule is CCNc1ccc(F)c(F)c1. The second-order valence-corrected chi connectivity index (χ2v) is 2.16. The van der Waals surface area contributed by atoms with Crippen LogP contribution in [0.2, 0.25) is 0 Å². The maximum Gasteiger partial charge on any atom is 0.160 e. The van der Waals surface area contributed by atoms with Crippen LogP contribution in [0, 0.1) is 11.6 Å². The summed E-state index contributed by atoms with van der Waals surface area (Å²) in [5.74, 6) is -1.63. The van der Waals surface area contributed by atoms with E-state index in [9.17, 15) is 8.78 Å². The van der Waals surface area contributed by atoms with Crippen LogP contribution in [0.25, 0.3) is 0 Å². The molecule has 0 spiro atoms. The third-order valence-corrected chi connectivity index (χ3v) is 1.30. The summed E-state index contributed by atoms with van der Waals surface area (Å²) < 4.78 is 24.8. The van der Waals surface area contributed by atoms with E-state index in [1.807, 2.05) is 6.92 Å². The highest BCUT2D eigenvalue weighted by atomic mass is 19.2. The van der Waals surface area contributed by atoms with Crippen molar-refractivity contribution in [1.29, 1.82) is 0 Å². The summed E-state index contributed by atoms with van der Waals surface area (Å²) in [6.45, 7) is 2.59. The normalized spacial score (nSPS) is 9.73. The number of rotatable bonds is 2. The van der Waals surface area contributed by atoms with Crippen LogP contribution >= 0.6 is 0 Å². The summed E-state index contributed by atoms with van der Waals surface area (Å²) in [7, 11) is 0. The fraction of sp³-hybridized carbons (Fsp3) is 0.250. The van der Waals surface area contributed by atoms with Crippen molar-refractivity contribution in [3.05, 3.63) is 29.8 Å². The number of anilines is 1. The van der Waals surface area contributed by atoms with E-state index in [4.69, 9.17) is 0 Å². The first-order valence-corrected chi connectivity index (χ1v) is 3.43. The van der Waals surface area contributed by atoms with Gasteiger partial charge in [-0.25, -0.2) is 8.78 Å². The first kappa shape index (κ1) is 7.98. The molecule has 0 aromatic heterocycles. The Kier molecular flexibility index (Phi) is 2.41. The van der Waals surface area contributed by atoms with Gasteiger partial charge in [-0.2, -0.15) is 0 Å². The van der Waals surface area contributed by atoms with Crippen molar-refractivity contribution in [2.45, 2.75) is 6.92 Å². The smallest absolute Gasteiger partial charge is 0.160 e. The summed E-state index contributed by atoms with van der Waals surface area (Å²) in [6, 6.07) is 3.74. The highest BCUT2D eigenvalue weighted by Crippen LogP contribution is 2.12. The van der Waals surface area contributed by atoms with Crippen LogP contribution < -0.4 is 5.32 Å². The molecule has 1 rings (SSSR count). The molecular weight excluding hydrogens is 148 g/mol. The Morgan fingerprint density at radius 1 is 1.27 bits per heavy atom. The van der Waals surface area contributed by atoms with E-state index < -0.39 is 11.6 Å². The minimum atomic E-state index is -0.816. The molecule has 0 aliphatic heterocycles. The molecular formula is C8H9F2N. The monoisotopic (exact) mass is 157 g/mol. The predicted octanol–water partition coefficient (Wildman–Crippen LogP) is 2.40. The topological polar surface area (TPSA) is 12.0 Å². The predicted molar refractivity (Wildman–Crippen MR) is 40.5 cm³/mol. The second kappa shape index (κ2) is 3.32. The Morgan fingerprint density at radius 2 is 2.00 bits per heavy atom. The number of hydrogen-bond donors (Lipinski definition) is 1. The first-order valence-electron chi connectivity index (χ1n) is 3.43. The van der Waals surface area contributed by atoms with Crippen molar-refractivity contribution in [1.82, 2.24) is 0 Å². The summed E-state index contributed by atoms with van der Waals surface area (Å²) >= 11 is 0. The Balaban J connectivity index is 2.86. The highest BCUT2D eigenvalue weighted by molar-refractivity contribution is 5.43. The summed E-state index contributed by atoms with van der Waals surface area (Å²) in [5.41, 5.74) is 0.603. The van der Waals surface area contributed by atoms with Crippen molar-refractivity contribution in [3.63, 3.8) is 0 Å². The van der Waals surface area contributed by atoms with Crippen molar-refractivity contribution < 1.29 is 8.78 Å². The van der Waals surface area contributed by atoms with E-state index >= 15 is 0 Å². The van der Waals surface area contributed by atoms with Crippen molar-refractivity contribution >= 4 is 5.69 Å². The number of benzene rings is 1. The second-order valence-electron chi connectivity index (χ2n) is 2.16. The van der Waals surface area contributed by atoms with Crippen LogP contribution in [0.5, 0.6) is 0 Å². The van der Waals surface area contributed by atoms with Gasteiger partial charge in [-0.15, -0.1) is 0 Å². The van der Waals surface area contributed by atoms with Gasteiger partial charge in [0.05, 0.1) is 0 Å². The third-order valence-electron chi connectivity index (χ3n) is 1.30. The molecule has 0 bridgehead atoms. The molecule has 11 heavy (non-hydrogen) atoms. The maximum absolute atomic E-state index is 12.5. The van der Waals surface area contributed by atoms with Crippen molar-refractivity contribution in [3.8, 4) is 0 Å². The molecule has 0 saturated carbocycles. The van der Waals surface area contributed by atoms with Crippen LogP contribution in [0.15, 0.2) is 18.2 Å². The van der Waals surface area contributed by atoms with E-state index in [2.05, 4.69) is 5.32 Å². The van der Waals surface area contributed by atoms with Gasteiger partial charge < -0.3 is 5.32 Å².